The summed E-state index contributed by atoms with van der Waals surface area (Å²) in [5.74, 6) is -0.456. The standard InChI is InChI=1S/C14H20N2O4/c1-3-20-13(17)14(2,9-6-10-15)11-7-4-5-8-12(11)16(18)19/h4-5,7-8H,3,6,9-10,15H2,1-2H3. The SMILES string of the molecule is CCOC(=O)C(C)(CCCN)c1ccccc1[N+](=O)[O-]. The number of esters is 1. The number of ether oxygens (including phenoxy) is 1. The van der Waals surface area contributed by atoms with E-state index in [1.807, 2.05) is 0 Å². The average Bonchev–Trinajstić information content (AvgIpc) is 2.44. The number of rotatable bonds is 7. The van der Waals surface area contributed by atoms with E-state index in [0.717, 1.165) is 0 Å². The number of hydrogen-bond donors (Lipinski definition) is 1. The van der Waals surface area contributed by atoms with Gasteiger partial charge in [-0.05, 0) is 33.2 Å². The van der Waals surface area contributed by atoms with Gasteiger partial charge >= 0.3 is 5.97 Å². The fraction of sp³-hybridized carbons (Fsp3) is 0.500. The van der Waals surface area contributed by atoms with Gasteiger partial charge in [-0.1, -0.05) is 18.2 Å². The van der Waals surface area contributed by atoms with E-state index < -0.39 is 16.3 Å². The molecule has 0 saturated heterocycles. The summed E-state index contributed by atoms with van der Waals surface area (Å²) in [5, 5.41) is 11.2. The van der Waals surface area contributed by atoms with Crippen LogP contribution in [0.15, 0.2) is 24.3 Å². The number of nitrogens with zero attached hydrogens (tertiary/aromatic N) is 1. The smallest absolute Gasteiger partial charge is 0.316 e. The van der Waals surface area contributed by atoms with E-state index in [9.17, 15) is 14.9 Å². The van der Waals surface area contributed by atoms with Crippen LogP contribution in [0.5, 0.6) is 0 Å². The Kier molecular flexibility index (Phi) is 5.64. The maximum atomic E-state index is 12.3. The van der Waals surface area contributed by atoms with Gasteiger partial charge in [0.15, 0.2) is 0 Å². The minimum atomic E-state index is -1.06. The Labute approximate surface area is 118 Å². The summed E-state index contributed by atoms with van der Waals surface area (Å²) in [6.07, 6.45) is 0.995. The molecule has 6 heteroatoms. The van der Waals surface area contributed by atoms with Crippen LogP contribution in [0.25, 0.3) is 0 Å². The van der Waals surface area contributed by atoms with Gasteiger partial charge in [-0.25, -0.2) is 0 Å². The van der Waals surface area contributed by atoms with Gasteiger partial charge < -0.3 is 10.5 Å². The molecule has 110 valence electrons. The Morgan fingerprint density at radius 3 is 2.65 bits per heavy atom. The zero-order valence-corrected chi connectivity index (χ0v) is 11.8. The van der Waals surface area contributed by atoms with Gasteiger partial charge in [0.05, 0.1) is 16.9 Å². The molecule has 0 radical (unpaired) electrons. The van der Waals surface area contributed by atoms with Crippen LogP contribution in [-0.4, -0.2) is 24.0 Å². The van der Waals surface area contributed by atoms with Gasteiger partial charge in [0.2, 0.25) is 0 Å². The Morgan fingerprint density at radius 2 is 2.10 bits per heavy atom. The zero-order chi connectivity index (χ0) is 15.2. The topological polar surface area (TPSA) is 95.5 Å². The van der Waals surface area contributed by atoms with Crippen LogP contribution in [0.2, 0.25) is 0 Å². The van der Waals surface area contributed by atoms with Crippen LogP contribution in [0, 0.1) is 10.1 Å². The molecule has 1 atom stereocenters. The van der Waals surface area contributed by atoms with Crippen molar-refractivity contribution in [3.63, 3.8) is 0 Å². The van der Waals surface area contributed by atoms with Crippen molar-refractivity contribution in [1.29, 1.82) is 0 Å². The van der Waals surface area contributed by atoms with Gasteiger partial charge in [-0.15, -0.1) is 0 Å². The second-order valence-electron chi connectivity index (χ2n) is 4.72. The molecule has 1 unspecified atom stereocenters. The highest BCUT2D eigenvalue weighted by Crippen LogP contribution is 2.36. The molecule has 0 fully saturated rings. The summed E-state index contributed by atoms with van der Waals surface area (Å²) in [7, 11) is 0. The molecule has 0 aliphatic carbocycles. The molecule has 0 aliphatic heterocycles. The predicted molar refractivity (Wildman–Crippen MR) is 75.4 cm³/mol. The van der Waals surface area contributed by atoms with E-state index in [0.29, 0.717) is 24.9 Å². The molecule has 0 amide bonds. The first-order chi connectivity index (χ1) is 9.47. The summed E-state index contributed by atoms with van der Waals surface area (Å²) in [5.41, 5.74) is 4.75. The van der Waals surface area contributed by atoms with E-state index in [4.69, 9.17) is 10.5 Å². The third kappa shape index (κ3) is 3.33. The minimum Gasteiger partial charge on any atom is -0.465 e. The van der Waals surface area contributed by atoms with E-state index in [2.05, 4.69) is 0 Å². The Hall–Kier alpha value is -1.95. The molecule has 1 aromatic rings. The molecule has 20 heavy (non-hydrogen) atoms. The zero-order valence-electron chi connectivity index (χ0n) is 11.8. The van der Waals surface area contributed by atoms with Crippen molar-refractivity contribution < 1.29 is 14.5 Å². The predicted octanol–water partition coefficient (Wildman–Crippen LogP) is 2.15. The second kappa shape index (κ2) is 7.00. The van der Waals surface area contributed by atoms with Crippen LogP contribution in [-0.2, 0) is 14.9 Å². The summed E-state index contributed by atoms with van der Waals surface area (Å²) in [6, 6.07) is 6.26. The van der Waals surface area contributed by atoms with Gasteiger partial charge in [-0.2, -0.15) is 0 Å². The summed E-state index contributed by atoms with van der Waals surface area (Å²) >= 11 is 0. The van der Waals surface area contributed by atoms with Crippen LogP contribution in [0.4, 0.5) is 5.69 Å². The fourth-order valence-electron chi connectivity index (χ4n) is 2.19. The average molecular weight is 280 g/mol. The van der Waals surface area contributed by atoms with Gasteiger partial charge in [-0.3, -0.25) is 14.9 Å². The number of carbonyl (C=O) groups excluding carboxylic acids is 1. The number of hydrogen-bond acceptors (Lipinski definition) is 5. The van der Waals surface area contributed by atoms with Crippen molar-refractivity contribution in [1.82, 2.24) is 0 Å². The highest BCUT2D eigenvalue weighted by molar-refractivity contribution is 5.84. The Bertz CT molecular complexity index is 490. The lowest BCUT2D eigenvalue weighted by atomic mass is 9.77. The highest BCUT2D eigenvalue weighted by Gasteiger charge is 2.40. The third-order valence-electron chi connectivity index (χ3n) is 3.30. The lowest BCUT2D eigenvalue weighted by Gasteiger charge is -2.27. The van der Waals surface area contributed by atoms with E-state index in [1.54, 1.807) is 32.0 Å². The first-order valence-electron chi connectivity index (χ1n) is 6.58. The number of carbonyl (C=O) groups is 1. The number of benzene rings is 1. The van der Waals surface area contributed by atoms with Crippen molar-refractivity contribution in [3.8, 4) is 0 Å². The molecular formula is C14H20N2O4. The molecule has 1 rings (SSSR count). The molecule has 0 spiro atoms. The first kappa shape index (κ1) is 16.1. The molecule has 0 aliphatic rings. The largest absolute Gasteiger partial charge is 0.465 e. The number of nitrogens with two attached hydrogens (primary N) is 1. The molecular weight excluding hydrogens is 260 g/mol. The van der Waals surface area contributed by atoms with E-state index in [-0.39, 0.29) is 12.3 Å². The van der Waals surface area contributed by atoms with Crippen molar-refractivity contribution in [3.05, 3.63) is 39.9 Å². The molecule has 0 aromatic heterocycles. The molecule has 0 heterocycles. The van der Waals surface area contributed by atoms with Gasteiger partial charge in [0, 0.05) is 11.6 Å². The molecule has 1 aromatic carbocycles. The van der Waals surface area contributed by atoms with Crippen molar-refractivity contribution in [2.24, 2.45) is 5.73 Å². The van der Waals surface area contributed by atoms with Crippen LogP contribution >= 0.6 is 0 Å². The summed E-state index contributed by atoms with van der Waals surface area (Å²) in [4.78, 5) is 22.9. The lowest BCUT2D eigenvalue weighted by Crippen LogP contribution is -2.35. The summed E-state index contributed by atoms with van der Waals surface area (Å²) < 4.78 is 5.09. The molecule has 2 N–H and O–H groups in total. The molecule has 0 saturated carbocycles. The van der Waals surface area contributed by atoms with Gasteiger partial charge in [0.25, 0.3) is 5.69 Å². The van der Waals surface area contributed by atoms with Gasteiger partial charge in [0.1, 0.15) is 0 Å². The Morgan fingerprint density at radius 1 is 1.45 bits per heavy atom. The fourth-order valence-corrected chi connectivity index (χ4v) is 2.19. The van der Waals surface area contributed by atoms with Crippen LogP contribution < -0.4 is 5.73 Å². The van der Waals surface area contributed by atoms with Crippen molar-refractivity contribution in [2.45, 2.75) is 32.1 Å². The molecule has 6 nitrogen and oxygen atoms in total. The van der Waals surface area contributed by atoms with Crippen LogP contribution in [0.1, 0.15) is 32.3 Å². The summed E-state index contributed by atoms with van der Waals surface area (Å²) in [6.45, 7) is 4.02. The third-order valence-corrected chi connectivity index (χ3v) is 3.30. The normalized spacial score (nSPS) is 13.6. The van der Waals surface area contributed by atoms with Crippen molar-refractivity contribution in [2.75, 3.05) is 13.2 Å². The first-order valence-corrected chi connectivity index (χ1v) is 6.58. The van der Waals surface area contributed by atoms with Crippen molar-refractivity contribution >= 4 is 11.7 Å². The number of nitro benzene ring substituents is 1. The van der Waals surface area contributed by atoms with E-state index in [1.165, 1.54) is 6.07 Å². The highest BCUT2D eigenvalue weighted by atomic mass is 16.6. The molecule has 0 bridgehead atoms. The maximum absolute atomic E-state index is 12.3. The van der Waals surface area contributed by atoms with Crippen LogP contribution in [0.3, 0.4) is 0 Å². The Balaban J connectivity index is 3.30. The van der Waals surface area contributed by atoms with E-state index >= 15 is 0 Å². The number of nitro groups is 1. The number of para-hydroxylation sites is 1. The minimum absolute atomic E-state index is 0.0694. The second-order valence-corrected chi connectivity index (χ2v) is 4.72. The monoisotopic (exact) mass is 280 g/mol. The lowest BCUT2D eigenvalue weighted by molar-refractivity contribution is -0.386. The quantitative estimate of drug-likeness (QED) is 0.469. The maximum Gasteiger partial charge on any atom is 0.316 e.